The first-order valence-corrected chi connectivity index (χ1v) is 5.43. The Balaban J connectivity index is 0.000000181. The van der Waals surface area contributed by atoms with Crippen molar-refractivity contribution in [2.75, 3.05) is 33.7 Å². The van der Waals surface area contributed by atoms with Crippen molar-refractivity contribution in [2.45, 2.75) is 6.04 Å². The van der Waals surface area contributed by atoms with E-state index in [1.54, 1.807) is 12.4 Å². The van der Waals surface area contributed by atoms with Crippen LogP contribution in [0.3, 0.4) is 0 Å². The number of aldehydes is 1. The van der Waals surface area contributed by atoms with Crippen molar-refractivity contribution in [1.82, 2.24) is 14.8 Å². The molecule has 4 heteroatoms. The molecule has 0 aliphatic carbocycles. The molecule has 0 radical (unpaired) electrons. The van der Waals surface area contributed by atoms with Gasteiger partial charge in [-0.3, -0.25) is 9.88 Å². The highest BCUT2D eigenvalue weighted by Gasteiger charge is 2.20. The Labute approximate surface area is 96.9 Å². The monoisotopic (exact) mass is 221 g/mol. The van der Waals surface area contributed by atoms with Gasteiger partial charge in [0.15, 0.2) is 0 Å². The number of aromatic nitrogens is 1. The van der Waals surface area contributed by atoms with Crippen LogP contribution in [0.1, 0.15) is 0 Å². The highest BCUT2D eigenvalue weighted by atomic mass is 16.1. The van der Waals surface area contributed by atoms with Crippen LogP contribution in [0.4, 0.5) is 0 Å². The van der Waals surface area contributed by atoms with Gasteiger partial charge in [-0.05, 0) is 26.2 Å². The number of piperazine rings is 1. The molecular formula is C12H19N3O. The molecule has 2 heterocycles. The first-order chi connectivity index (χ1) is 7.74. The van der Waals surface area contributed by atoms with E-state index in [9.17, 15) is 4.79 Å². The molecule has 0 amide bonds. The third-order valence-electron chi connectivity index (χ3n) is 2.62. The van der Waals surface area contributed by atoms with Crippen molar-refractivity contribution in [3.8, 4) is 0 Å². The maximum Gasteiger partial charge on any atom is 0.138 e. The molecule has 0 saturated carbocycles. The number of hydrogen-bond donors (Lipinski definition) is 0. The minimum absolute atomic E-state index is 0.110. The van der Waals surface area contributed by atoms with Crippen LogP contribution >= 0.6 is 0 Å². The van der Waals surface area contributed by atoms with Crippen LogP contribution in [0, 0.1) is 0 Å². The third-order valence-corrected chi connectivity index (χ3v) is 2.62. The average Bonchev–Trinajstić information content (AvgIpc) is 2.35. The van der Waals surface area contributed by atoms with Crippen LogP contribution in [0.15, 0.2) is 30.6 Å². The maximum atomic E-state index is 10.4. The van der Waals surface area contributed by atoms with Crippen LogP contribution in [-0.2, 0) is 4.79 Å². The van der Waals surface area contributed by atoms with Crippen LogP contribution < -0.4 is 0 Å². The van der Waals surface area contributed by atoms with Crippen molar-refractivity contribution in [2.24, 2.45) is 0 Å². The largest absolute Gasteiger partial charge is 0.303 e. The van der Waals surface area contributed by atoms with Crippen molar-refractivity contribution in [3.05, 3.63) is 30.6 Å². The predicted molar refractivity (Wildman–Crippen MR) is 64.2 cm³/mol. The molecule has 0 bridgehead atoms. The zero-order chi connectivity index (χ0) is 11.8. The second-order valence-electron chi connectivity index (χ2n) is 3.97. The molecule has 1 aromatic rings. The van der Waals surface area contributed by atoms with E-state index in [1.165, 1.54) is 0 Å². The standard InChI is InChI=1S/C7H14N2O.C5H5N/c1-8-3-4-9(2)7(5-8)6-10;1-2-4-6-5-3-1/h6-7H,3-5H2,1-2H3;1-5H. The Hall–Kier alpha value is -1.26. The molecule has 1 fully saturated rings. The van der Waals surface area contributed by atoms with E-state index < -0.39 is 0 Å². The quantitative estimate of drug-likeness (QED) is 0.648. The number of rotatable bonds is 1. The molecule has 1 aliphatic heterocycles. The Morgan fingerprint density at radius 2 is 1.88 bits per heavy atom. The number of hydrogen-bond acceptors (Lipinski definition) is 4. The smallest absolute Gasteiger partial charge is 0.138 e. The summed E-state index contributed by atoms with van der Waals surface area (Å²) < 4.78 is 0. The summed E-state index contributed by atoms with van der Waals surface area (Å²) in [7, 11) is 4.04. The lowest BCUT2D eigenvalue weighted by atomic mass is 10.2. The number of likely N-dealkylation sites (N-methyl/N-ethyl adjacent to an activating group) is 2. The van der Waals surface area contributed by atoms with Gasteiger partial charge in [0.05, 0.1) is 6.04 Å². The summed E-state index contributed by atoms with van der Waals surface area (Å²) in [5.74, 6) is 0. The normalized spacial score (nSPS) is 22.0. The molecule has 1 atom stereocenters. The summed E-state index contributed by atoms with van der Waals surface area (Å²) in [5, 5.41) is 0. The molecule has 1 saturated heterocycles. The van der Waals surface area contributed by atoms with Gasteiger partial charge in [0.25, 0.3) is 0 Å². The molecule has 0 aromatic carbocycles. The summed E-state index contributed by atoms with van der Waals surface area (Å²) in [6.07, 6.45) is 4.52. The van der Waals surface area contributed by atoms with Gasteiger partial charge in [-0.1, -0.05) is 6.07 Å². The zero-order valence-electron chi connectivity index (χ0n) is 9.91. The minimum atomic E-state index is 0.110. The van der Waals surface area contributed by atoms with E-state index in [2.05, 4.69) is 14.8 Å². The Bertz CT molecular complexity index is 265. The summed E-state index contributed by atoms with van der Waals surface area (Å²) >= 11 is 0. The van der Waals surface area contributed by atoms with Gasteiger partial charge in [-0.25, -0.2) is 0 Å². The molecule has 1 aromatic heterocycles. The van der Waals surface area contributed by atoms with Gasteiger partial charge in [0.1, 0.15) is 6.29 Å². The summed E-state index contributed by atoms with van der Waals surface area (Å²) in [4.78, 5) is 18.5. The highest BCUT2D eigenvalue weighted by molar-refractivity contribution is 5.58. The summed E-state index contributed by atoms with van der Waals surface area (Å²) in [6.45, 7) is 2.95. The maximum absolute atomic E-state index is 10.4. The molecule has 2 rings (SSSR count). The average molecular weight is 221 g/mol. The van der Waals surface area contributed by atoms with Crippen LogP contribution in [0.5, 0.6) is 0 Å². The topological polar surface area (TPSA) is 36.4 Å². The van der Waals surface area contributed by atoms with Crippen molar-refractivity contribution >= 4 is 6.29 Å². The zero-order valence-corrected chi connectivity index (χ0v) is 9.91. The van der Waals surface area contributed by atoms with Gasteiger partial charge in [0.2, 0.25) is 0 Å². The Morgan fingerprint density at radius 3 is 2.25 bits per heavy atom. The van der Waals surface area contributed by atoms with Gasteiger partial charge in [-0.2, -0.15) is 0 Å². The number of carbonyl (C=O) groups excluding carboxylic acids is 1. The Kier molecular flexibility index (Phi) is 5.67. The second-order valence-corrected chi connectivity index (χ2v) is 3.97. The van der Waals surface area contributed by atoms with Gasteiger partial charge in [0, 0.05) is 32.0 Å². The van der Waals surface area contributed by atoms with Gasteiger partial charge < -0.3 is 9.69 Å². The van der Waals surface area contributed by atoms with Crippen molar-refractivity contribution in [3.63, 3.8) is 0 Å². The molecule has 1 unspecified atom stereocenters. The SMILES string of the molecule is CN1CCN(C)C(C=O)C1.c1ccncc1. The second kappa shape index (κ2) is 7.09. The molecule has 16 heavy (non-hydrogen) atoms. The molecule has 88 valence electrons. The predicted octanol–water partition coefficient (Wildman–Crippen LogP) is 0.513. The first kappa shape index (κ1) is 12.8. The van der Waals surface area contributed by atoms with Crippen molar-refractivity contribution < 1.29 is 4.79 Å². The molecular weight excluding hydrogens is 202 g/mol. The highest BCUT2D eigenvalue weighted by Crippen LogP contribution is 2.02. The van der Waals surface area contributed by atoms with E-state index in [-0.39, 0.29) is 6.04 Å². The van der Waals surface area contributed by atoms with Crippen LogP contribution in [0.2, 0.25) is 0 Å². The molecule has 4 nitrogen and oxygen atoms in total. The van der Waals surface area contributed by atoms with E-state index >= 15 is 0 Å². The van der Waals surface area contributed by atoms with E-state index in [0.717, 1.165) is 25.9 Å². The fourth-order valence-corrected chi connectivity index (χ4v) is 1.50. The van der Waals surface area contributed by atoms with E-state index in [1.807, 2.05) is 32.3 Å². The fourth-order valence-electron chi connectivity index (χ4n) is 1.50. The summed E-state index contributed by atoms with van der Waals surface area (Å²) in [5.41, 5.74) is 0. The minimum Gasteiger partial charge on any atom is -0.303 e. The van der Waals surface area contributed by atoms with E-state index in [4.69, 9.17) is 0 Å². The lowest BCUT2D eigenvalue weighted by Gasteiger charge is -2.34. The third kappa shape index (κ3) is 4.51. The van der Waals surface area contributed by atoms with Crippen LogP contribution in [0.25, 0.3) is 0 Å². The van der Waals surface area contributed by atoms with E-state index in [0.29, 0.717) is 0 Å². The van der Waals surface area contributed by atoms with Crippen LogP contribution in [-0.4, -0.2) is 60.8 Å². The van der Waals surface area contributed by atoms with Gasteiger partial charge >= 0.3 is 0 Å². The number of pyridine rings is 1. The number of nitrogens with zero attached hydrogens (tertiary/aromatic N) is 3. The lowest BCUT2D eigenvalue weighted by Crippen LogP contribution is -2.50. The molecule has 0 N–H and O–H groups in total. The Morgan fingerprint density at radius 1 is 1.19 bits per heavy atom. The summed E-state index contributed by atoms with van der Waals surface area (Å²) in [6, 6.07) is 5.83. The van der Waals surface area contributed by atoms with Gasteiger partial charge in [-0.15, -0.1) is 0 Å². The first-order valence-electron chi connectivity index (χ1n) is 5.43. The van der Waals surface area contributed by atoms with Crippen molar-refractivity contribution in [1.29, 1.82) is 0 Å². The molecule has 0 spiro atoms. The fraction of sp³-hybridized carbons (Fsp3) is 0.500. The number of carbonyl (C=O) groups is 1. The molecule has 1 aliphatic rings. The lowest BCUT2D eigenvalue weighted by molar-refractivity contribution is -0.113.